The second-order valence-electron chi connectivity index (χ2n) is 4.96. The Bertz CT molecular complexity index is 699. The second kappa shape index (κ2) is 9.68. The monoisotopic (exact) mass is 363 g/mol. The average molecular weight is 363 g/mol. The van der Waals surface area contributed by atoms with Crippen LogP contribution in [0.15, 0.2) is 35.7 Å². The molecule has 2 rings (SSSR count). The summed E-state index contributed by atoms with van der Waals surface area (Å²) in [5, 5.41) is 4.63. The molecule has 6 nitrogen and oxygen atoms in total. The average Bonchev–Trinajstić information content (AvgIpc) is 3.13. The molecule has 7 heteroatoms. The Morgan fingerprint density at radius 1 is 1.08 bits per heavy atom. The lowest BCUT2D eigenvalue weighted by Gasteiger charge is -2.12. The predicted octanol–water partition coefficient (Wildman–Crippen LogP) is 3.02. The Morgan fingerprint density at radius 2 is 1.84 bits per heavy atom. The summed E-state index contributed by atoms with van der Waals surface area (Å²) in [5.74, 6) is 0.100. The van der Waals surface area contributed by atoms with E-state index in [0.717, 1.165) is 4.88 Å². The Hall–Kier alpha value is -2.54. The number of thiophene rings is 1. The van der Waals surface area contributed by atoms with Crippen LogP contribution in [0.2, 0.25) is 0 Å². The number of nitrogens with one attached hydrogen (secondary N) is 1. The topological polar surface area (TPSA) is 73.9 Å². The first-order valence-electron chi connectivity index (χ1n) is 7.99. The quantitative estimate of drug-likeness (QED) is 0.693. The molecule has 0 unspecified atom stereocenters. The van der Waals surface area contributed by atoms with Crippen LogP contribution in [0.5, 0.6) is 11.5 Å². The van der Waals surface area contributed by atoms with Crippen molar-refractivity contribution in [3.8, 4) is 11.5 Å². The molecular formula is C18H21NO5S. The largest absolute Gasteiger partial charge is 0.490 e. The van der Waals surface area contributed by atoms with Gasteiger partial charge in [-0.15, -0.1) is 11.3 Å². The zero-order chi connectivity index (χ0) is 18.1. The molecular weight excluding hydrogens is 342 g/mol. The molecule has 0 aliphatic rings. The molecule has 1 N–H and O–H groups in total. The summed E-state index contributed by atoms with van der Waals surface area (Å²) in [6.45, 7) is 4.75. The van der Waals surface area contributed by atoms with Crippen LogP contribution in [0.1, 0.15) is 29.1 Å². The molecule has 0 spiro atoms. The van der Waals surface area contributed by atoms with Crippen molar-refractivity contribution in [2.24, 2.45) is 0 Å². The molecule has 134 valence electrons. The van der Waals surface area contributed by atoms with E-state index in [1.165, 1.54) is 0 Å². The van der Waals surface area contributed by atoms with E-state index in [1.807, 2.05) is 31.4 Å². The number of amides is 1. The highest BCUT2D eigenvalue weighted by Crippen LogP contribution is 2.28. The van der Waals surface area contributed by atoms with Crippen molar-refractivity contribution in [1.29, 1.82) is 0 Å². The number of hydrogen-bond acceptors (Lipinski definition) is 6. The third-order valence-corrected chi connectivity index (χ3v) is 4.03. The van der Waals surface area contributed by atoms with E-state index in [1.54, 1.807) is 29.5 Å². The zero-order valence-electron chi connectivity index (χ0n) is 14.2. The van der Waals surface area contributed by atoms with E-state index in [-0.39, 0.29) is 12.5 Å². The Morgan fingerprint density at radius 3 is 2.52 bits per heavy atom. The third-order valence-electron chi connectivity index (χ3n) is 3.15. The number of ether oxygens (including phenoxy) is 3. The van der Waals surface area contributed by atoms with E-state index in [4.69, 9.17) is 14.2 Å². The molecule has 1 amide bonds. The van der Waals surface area contributed by atoms with Gasteiger partial charge in [0.2, 0.25) is 0 Å². The minimum atomic E-state index is -0.588. The Labute approximate surface area is 150 Å². The minimum Gasteiger partial charge on any atom is -0.490 e. The predicted molar refractivity (Wildman–Crippen MR) is 95.2 cm³/mol. The van der Waals surface area contributed by atoms with E-state index in [0.29, 0.717) is 36.8 Å². The summed E-state index contributed by atoms with van der Waals surface area (Å²) < 4.78 is 16.0. The van der Waals surface area contributed by atoms with Gasteiger partial charge in [-0.2, -0.15) is 0 Å². The van der Waals surface area contributed by atoms with E-state index in [2.05, 4.69) is 5.32 Å². The van der Waals surface area contributed by atoms with Gasteiger partial charge in [0.15, 0.2) is 18.1 Å². The standard InChI is InChI=1S/C18H21NO5S/c1-3-22-15-8-7-13(10-16(15)23-4-2)18(21)24-12-17(20)19-11-14-6-5-9-25-14/h5-10H,3-4,11-12H2,1-2H3,(H,19,20). The number of esters is 1. The molecule has 1 aromatic heterocycles. The van der Waals surface area contributed by atoms with Crippen LogP contribution in [0.25, 0.3) is 0 Å². The number of carbonyl (C=O) groups is 2. The van der Waals surface area contributed by atoms with Crippen LogP contribution < -0.4 is 14.8 Å². The molecule has 0 aliphatic carbocycles. The minimum absolute atomic E-state index is 0.304. The van der Waals surface area contributed by atoms with Crippen LogP contribution >= 0.6 is 11.3 Å². The molecule has 0 aliphatic heterocycles. The van der Waals surface area contributed by atoms with Crippen molar-refractivity contribution in [2.75, 3.05) is 19.8 Å². The van der Waals surface area contributed by atoms with Gasteiger partial charge in [0.25, 0.3) is 5.91 Å². The SMILES string of the molecule is CCOc1ccc(C(=O)OCC(=O)NCc2cccs2)cc1OCC. The molecule has 25 heavy (non-hydrogen) atoms. The summed E-state index contributed by atoms with van der Waals surface area (Å²) in [6, 6.07) is 8.63. The molecule has 1 heterocycles. The van der Waals surface area contributed by atoms with E-state index < -0.39 is 5.97 Å². The van der Waals surface area contributed by atoms with Crippen molar-refractivity contribution < 1.29 is 23.8 Å². The highest BCUT2D eigenvalue weighted by molar-refractivity contribution is 7.09. The van der Waals surface area contributed by atoms with Gasteiger partial charge in [0.05, 0.1) is 25.3 Å². The smallest absolute Gasteiger partial charge is 0.338 e. The zero-order valence-corrected chi connectivity index (χ0v) is 15.1. The summed E-state index contributed by atoms with van der Waals surface area (Å²) in [4.78, 5) is 24.9. The van der Waals surface area contributed by atoms with Crippen LogP contribution in [-0.4, -0.2) is 31.7 Å². The summed E-state index contributed by atoms with van der Waals surface area (Å²) >= 11 is 1.55. The van der Waals surface area contributed by atoms with Crippen molar-refractivity contribution >= 4 is 23.2 Å². The van der Waals surface area contributed by atoms with E-state index >= 15 is 0 Å². The van der Waals surface area contributed by atoms with Gasteiger partial charge in [-0.05, 0) is 43.5 Å². The number of rotatable bonds is 9. The maximum atomic E-state index is 12.1. The molecule has 0 bridgehead atoms. The normalized spacial score (nSPS) is 10.2. The van der Waals surface area contributed by atoms with Gasteiger partial charge in [-0.25, -0.2) is 4.79 Å². The molecule has 0 radical (unpaired) electrons. The van der Waals surface area contributed by atoms with Gasteiger partial charge in [-0.3, -0.25) is 4.79 Å². The van der Waals surface area contributed by atoms with Gasteiger partial charge in [0.1, 0.15) is 0 Å². The number of carbonyl (C=O) groups excluding carboxylic acids is 2. The summed E-state index contributed by atoms with van der Waals surface area (Å²) in [5.41, 5.74) is 0.304. The van der Waals surface area contributed by atoms with Crippen molar-refractivity contribution in [2.45, 2.75) is 20.4 Å². The maximum Gasteiger partial charge on any atom is 0.338 e. The third kappa shape index (κ3) is 5.79. The first kappa shape index (κ1) is 18.8. The first-order valence-corrected chi connectivity index (χ1v) is 8.87. The lowest BCUT2D eigenvalue weighted by Crippen LogP contribution is -2.28. The summed E-state index contributed by atoms with van der Waals surface area (Å²) in [7, 11) is 0. The lowest BCUT2D eigenvalue weighted by atomic mass is 10.2. The Balaban J connectivity index is 1.89. The highest BCUT2D eigenvalue weighted by Gasteiger charge is 2.14. The van der Waals surface area contributed by atoms with Gasteiger partial charge in [0, 0.05) is 4.88 Å². The van der Waals surface area contributed by atoms with Crippen molar-refractivity contribution in [3.63, 3.8) is 0 Å². The Kier molecular flexibility index (Phi) is 7.28. The molecule has 1 aromatic carbocycles. The second-order valence-corrected chi connectivity index (χ2v) is 5.99. The molecule has 0 saturated carbocycles. The van der Waals surface area contributed by atoms with Crippen LogP contribution in [0, 0.1) is 0 Å². The van der Waals surface area contributed by atoms with Crippen LogP contribution in [-0.2, 0) is 16.1 Å². The highest BCUT2D eigenvalue weighted by atomic mass is 32.1. The van der Waals surface area contributed by atoms with Crippen molar-refractivity contribution in [3.05, 3.63) is 46.2 Å². The maximum absolute atomic E-state index is 12.1. The van der Waals surface area contributed by atoms with Gasteiger partial charge in [-0.1, -0.05) is 6.07 Å². The molecule has 0 fully saturated rings. The molecule has 0 atom stereocenters. The summed E-state index contributed by atoms with van der Waals surface area (Å²) in [6.07, 6.45) is 0. The first-order chi connectivity index (χ1) is 12.1. The molecule has 2 aromatic rings. The fourth-order valence-electron chi connectivity index (χ4n) is 2.04. The van der Waals surface area contributed by atoms with Crippen LogP contribution in [0.4, 0.5) is 0 Å². The fraction of sp³-hybridized carbons (Fsp3) is 0.333. The molecule has 0 saturated heterocycles. The van der Waals surface area contributed by atoms with E-state index in [9.17, 15) is 9.59 Å². The number of hydrogen-bond donors (Lipinski definition) is 1. The van der Waals surface area contributed by atoms with Crippen molar-refractivity contribution in [1.82, 2.24) is 5.32 Å². The number of benzene rings is 1. The van der Waals surface area contributed by atoms with Crippen LogP contribution in [0.3, 0.4) is 0 Å². The van der Waals surface area contributed by atoms with Gasteiger partial charge >= 0.3 is 5.97 Å². The lowest BCUT2D eigenvalue weighted by molar-refractivity contribution is -0.124. The van der Waals surface area contributed by atoms with Gasteiger partial charge < -0.3 is 19.5 Å². The fourth-order valence-corrected chi connectivity index (χ4v) is 2.69.